The molecular formula is C12H12N4. The molecule has 0 spiro atoms. The molecule has 0 bridgehead atoms. The fourth-order valence-corrected chi connectivity index (χ4v) is 2.04. The normalized spacial score (nSPS) is 14.5. The molecule has 0 aliphatic carbocycles. The third-order valence-corrected chi connectivity index (χ3v) is 2.81. The van der Waals surface area contributed by atoms with Gasteiger partial charge in [-0.3, -0.25) is 4.98 Å². The van der Waals surface area contributed by atoms with E-state index in [4.69, 9.17) is 0 Å². The predicted octanol–water partition coefficient (Wildman–Crippen LogP) is 1.18. The van der Waals surface area contributed by atoms with E-state index in [0.29, 0.717) is 0 Å². The fraction of sp³-hybridized carbons (Fsp3) is 0.250. The Balaban J connectivity index is 2.14. The fourth-order valence-electron chi connectivity index (χ4n) is 2.04. The highest BCUT2D eigenvalue weighted by molar-refractivity contribution is 5.62. The second-order valence-electron chi connectivity index (χ2n) is 3.82. The SMILES string of the molecule is c1cncc(-c2ncnc3c2CCNC3)c1. The zero-order chi connectivity index (χ0) is 10.8. The number of hydrogen-bond donors (Lipinski definition) is 1. The molecule has 1 aliphatic heterocycles. The minimum absolute atomic E-state index is 0.838. The molecule has 0 atom stereocenters. The van der Waals surface area contributed by atoms with E-state index in [-0.39, 0.29) is 0 Å². The standard InChI is InChI=1S/C12H12N4/c1-2-9(6-13-4-1)12-10-3-5-14-7-11(10)15-8-16-12/h1-2,4,6,8,14H,3,5,7H2. The van der Waals surface area contributed by atoms with Crippen LogP contribution in [0.15, 0.2) is 30.9 Å². The van der Waals surface area contributed by atoms with Gasteiger partial charge in [-0.05, 0) is 25.1 Å². The molecule has 0 amide bonds. The quantitative estimate of drug-likeness (QED) is 0.771. The van der Waals surface area contributed by atoms with Gasteiger partial charge in [0.25, 0.3) is 0 Å². The van der Waals surface area contributed by atoms with Gasteiger partial charge in [0, 0.05) is 30.1 Å². The molecule has 0 saturated heterocycles. The highest BCUT2D eigenvalue weighted by atomic mass is 14.9. The van der Waals surface area contributed by atoms with Crippen LogP contribution >= 0.6 is 0 Å². The summed E-state index contributed by atoms with van der Waals surface area (Å²) in [7, 11) is 0. The highest BCUT2D eigenvalue weighted by Crippen LogP contribution is 2.23. The lowest BCUT2D eigenvalue weighted by atomic mass is 10.0. The molecule has 0 unspecified atom stereocenters. The van der Waals surface area contributed by atoms with Gasteiger partial charge in [0.2, 0.25) is 0 Å². The first-order chi connectivity index (χ1) is 7.95. The summed E-state index contributed by atoms with van der Waals surface area (Å²) in [4.78, 5) is 12.8. The zero-order valence-electron chi connectivity index (χ0n) is 8.85. The van der Waals surface area contributed by atoms with E-state index in [0.717, 1.165) is 36.5 Å². The molecule has 4 nitrogen and oxygen atoms in total. The van der Waals surface area contributed by atoms with Gasteiger partial charge in [-0.2, -0.15) is 0 Å². The van der Waals surface area contributed by atoms with Crippen LogP contribution in [0.5, 0.6) is 0 Å². The average molecular weight is 212 g/mol. The van der Waals surface area contributed by atoms with Gasteiger partial charge in [-0.15, -0.1) is 0 Å². The van der Waals surface area contributed by atoms with Crippen molar-refractivity contribution < 1.29 is 0 Å². The molecule has 3 rings (SSSR count). The van der Waals surface area contributed by atoms with Crippen LogP contribution in [-0.2, 0) is 13.0 Å². The predicted molar refractivity (Wildman–Crippen MR) is 60.7 cm³/mol. The summed E-state index contributed by atoms with van der Waals surface area (Å²) in [6.07, 6.45) is 6.25. The van der Waals surface area contributed by atoms with Crippen molar-refractivity contribution in [3.05, 3.63) is 42.1 Å². The summed E-state index contributed by atoms with van der Waals surface area (Å²) in [6, 6.07) is 3.97. The van der Waals surface area contributed by atoms with Crippen molar-refractivity contribution in [2.75, 3.05) is 6.54 Å². The van der Waals surface area contributed by atoms with Crippen molar-refractivity contribution in [3.8, 4) is 11.3 Å². The number of rotatable bonds is 1. The van der Waals surface area contributed by atoms with E-state index in [1.54, 1.807) is 12.5 Å². The van der Waals surface area contributed by atoms with E-state index in [1.807, 2.05) is 18.3 Å². The molecule has 1 aliphatic rings. The van der Waals surface area contributed by atoms with E-state index in [2.05, 4.69) is 20.3 Å². The van der Waals surface area contributed by atoms with Gasteiger partial charge < -0.3 is 5.32 Å². The van der Waals surface area contributed by atoms with Crippen molar-refractivity contribution >= 4 is 0 Å². The second-order valence-corrected chi connectivity index (χ2v) is 3.82. The van der Waals surface area contributed by atoms with Crippen LogP contribution in [0.25, 0.3) is 11.3 Å². The van der Waals surface area contributed by atoms with Crippen molar-refractivity contribution in [2.24, 2.45) is 0 Å². The van der Waals surface area contributed by atoms with Gasteiger partial charge in [0.05, 0.1) is 11.4 Å². The number of pyridine rings is 1. The van der Waals surface area contributed by atoms with Crippen LogP contribution < -0.4 is 5.32 Å². The summed E-state index contributed by atoms with van der Waals surface area (Å²) in [6.45, 7) is 1.83. The number of nitrogens with zero attached hydrogens (tertiary/aromatic N) is 3. The molecular weight excluding hydrogens is 200 g/mol. The van der Waals surface area contributed by atoms with Gasteiger partial charge in [-0.25, -0.2) is 9.97 Å². The summed E-state index contributed by atoms with van der Waals surface area (Å²) in [5.74, 6) is 0. The first-order valence-electron chi connectivity index (χ1n) is 5.39. The molecule has 3 heterocycles. The topological polar surface area (TPSA) is 50.7 Å². The number of fused-ring (bicyclic) bond motifs is 1. The summed E-state index contributed by atoms with van der Waals surface area (Å²) < 4.78 is 0. The summed E-state index contributed by atoms with van der Waals surface area (Å²) >= 11 is 0. The molecule has 80 valence electrons. The maximum absolute atomic E-state index is 4.38. The zero-order valence-corrected chi connectivity index (χ0v) is 8.85. The number of nitrogens with one attached hydrogen (secondary N) is 1. The van der Waals surface area contributed by atoms with Crippen LogP contribution in [0, 0.1) is 0 Å². The first-order valence-corrected chi connectivity index (χ1v) is 5.39. The Bertz CT molecular complexity index is 496. The minimum atomic E-state index is 0.838. The lowest BCUT2D eigenvalue weighted by Crippen LogP contribution is -2.25. The smallest absolute Gasteiger partial charge is 0.116 e. The minimum Gasteiger partial charge on any atom is -0.311 e. The van der Waals surface area contributed by atoms with E-state index < -0.39 is 0 Å². The third-order valence-electron chi connectivity index (χ3n) is 2.81. The lowest BCUT2D eigenvalue weighted by Gasteiger charge is -2.18. The second kappa shape index (κ2) is 3.98. The summed E-state index contributed by atoms with van der Waals surface area (Å²) in [5.41, 5.74) is 4.47. The molecule has 0 fully saturated rings. The van der Waals surface area contributed by atoms with E-state index in [1.165, 1.54) is 5.56 Å². The maximum Gasteiger partial charge on any atom is 0.116 e. The van der Waals surface area contributed by atoms with Gasteiger partial charge in [-0.1, -0.05) is 0 Å². The molecule has 0 radical (unpaired) electrons. The molecule has 16 heavy (non-hydrogen) atoms. The molecule has 1 N–H and O–H groups in total. The molecule has 4 heteroatoms. The van der Waals surface area contributed by atoms with Crippen LogP contribution in [-0.4, -0.2) is 21.5 Å². The molecule has 2 aromatic rings. The van der Waals surface area contributed by atoms with E-state index in [9.17, 15) is 0 Å². The Kier molecular flexibility index (Phi) is 2.34. The number of hydrogen-bond acceptors (Lipinski definition) is 4. The van der Waals surface area contributed by atoms with E-state index >= 15 is 0 Å². The maximum atomic E-state index is 4.38. The van der Waals surface area contributed by atoms with Crippen molar-refractivity contribution in [1.29, 1.82) is 0 Å². The molecule has 0 aromatic carbocycles. The Morgan fingerprint density at radius 2 is 2.25 bits per heavy atom. The molecule has 2 aromatic heterocycles. The molecule has 0 saturated carbocycles. The average Bonchev–Trinajstić information content (AvgIpc) is 2.39. The highest BCUT2D eigenvalue weighted by Gasteiger charge is 2.15. The Labute approximate surface area is 93.8 Å². The largest absolute Gasteiger partial charge is 0.311 e. The first kappa shape index (κ1) is 9.42. The Morgan fingerprint density at radius 1 is 1.25 bits per heavy atom. The monoisotopic (exact) mass is 212 g/mol. The van der Waals surface area contributed by atoms with Crippen molar-refractivity contribution in [2.45, 2.75) is 13.0 Å². The van der Waals surface area contributed by atoms with Gasteiger partial charge >= 0.3 is 0 Å². The van der Waals surface area contributed by atoms with Crippen molar-refractivity contribution in [3.63, 3.8) is 0 Å². The Morgan fingerprint density at radius 3 is 3.12 bits per heavy atom. The number of aromatic nitrogens is 3. The van der Waals surface area contributed by atoms with Crippen molar-refractivity contribution in [1.82, 2.24) is 20.3 Å². The Hall–Kier alpha value is -1.81. The van der Waals surface area contributed by atoms with Crippen LogP contribution in [0.4, 0.5) is 0 Å². The van der Waals surface area contributed by atoms with Gasteiger partial charge in [0.1, 0.15) is 6.33 Å². The van der Waals surface area contributed by atoms with Crippen LogP contribution in [0.2, 0.25) is 0 Å². The van der Waals surface area contributed by atoms with Crippen LogP contribution in [0.1, 0.15) is 11.3 Å². The lowest BCUT2D eigenvalue weighted by molar-refractivity contribution is 0.624. The van der Waals surface area contributed by atoms with Crippen LogP contribution in [0.3, 0.4) is 0 Å². The van der Waals surface area contributed by atoms with Gasteiger partial charge in [0.15, 0.2) is 0 Å². The summed E-state index contributed by atoms with van der Waals surface area (Å²) in [5, 5.41) is 3.31. The third kappa shape index (κ3) is 1.57.